The minimum atomic E-state index is -0.253. The summed E-state index contributed by atoms with van der Waals surface area (Å²) in [5.41, 5.74) is 0.0261. The van der Waals surface area contributed by atoms with E-state index >= 15 is 0 Å². The third-order valence-electron chi connectivity index (χ3n) is 4.38. The SMILES string of the molecule is CC1(C)COC2(CCCCC2)OC1(C)C. The molecular formula is C13H24O2. The number of ether oxygens (including phenoxy) is 2. The highest BCUT2D eigenvalue weighted by Crippen LogP contribution is 2.47. The molecule has 1 aliphatic heterocycles. The molecular weight excluding hydrogens is 188 g/mol. The highest BCUT2D eigenvalue weighted by atomic mass is 16.7. The molecule has 15 heavy (non-hydrogen) atoms. The van der Waals surface area contributed by atoms with Crippen LogP contribution in [0.1, 0.15) is 59.8 Å². The Morgan fingerprint density at radius 3 is 2.00 bits per heavy atom. The van der Waals surface area contributed by atoms with Crippen molar-refractivity contribution in [1.29, 1.82) is 0 Å². The Morgan fingerprint density at radius 1 is 0.867 bits per heavy atom. The maximum atomic E-state index is 6.30. The van der Waals surface area contributed by atoms with Crippen molar-refractivity contribution in [2.24, 2.45) is 5.41 Å². The number of hydrogen-bond donors (Lipinski definition) is 0. The molecule has 0 N–H and O–H groups in total. The van der Waals surface area contributed by atoms with Crippen molar-refractivity contribution >= 4 is 0 Å². The smallest absolute Gasteiger partial charge is 0.169 e. The van der Waals surface area contributed by atoms with Crippen LogP contribution >= 0.6 is 0 Å². The Hall–Kier alpha value is -0.0800. The Labute approximate surface area is 93.3 Å². The van der Waals surface area contributed by atoms with Crippen LogP contribution in [-0.2, 0) is 9.47 Å². The average Bonchev–Trinajstić information content (AvgIpc) is 2.14. The fraction of sp³-hybridized carbons (Fsp3) is 1.00. The summed E-state index contributed by atoms with van der Waals surface area (Å²) >= 11 is 0. The first-order valence-corrected chi connectivity index (χ1v) is 6.21. The van der Waals surface area contributed by atoms with Gasteiger partial charge < -0.3 is 9.47 Å². The fourth-order valence-corrected chi connectivity index (χ4v) is 2.46. The maximum absolute atomic E-state index is 6.30. The molecule has 2 rings (SSSR count). The lowest BCUT2D eigenvalue weighted by Gasteiger charge is -2.54. The van der Waals surface area contributed by atoms with Gasteiger partial charge in [0.2, 0.25) is 0 Å². The fourth-order valence-electron chi connectivity index (χ4n) is 2.46. The van der Waals surface area contributed by atoms with Crippen LogP contribution in [0, 0.1) is 5.41 Å². The molecule has 0 amide bonds. The van der Waals surface area contributed by atoms with E-state index in [0.717, 1.165) is 19.4 Å². The van der Waals surface area contributed by atoms with Crippen LogP contribution in [0.2, 0.25) is 0 Å². The van der Waals surface area contributed by atoms with E-state index in [1.165, 1.54) is 19.3 Å². The molecule has 1 spiro atoms. The molecule has 1 aliphatic carbocycles. The molecule has 0 unspecified atom stereocenters. The summed E-state index contributed by atoms with van der Waals surface area (Å²) in [7, 11) is 0. The molecule has 0 aromatic carbocycles. The number of hydrogen-bond acceptors (Lipinski definition) is 2. The second-order valence-electron chi connectivity index (χ2n) is 6.26. The molecule has 0 radical (unpaired) electrons. The van der Waals surface area contributed by atoms with Crippen molar-refractivity contribution in [3.05, 3.63) is 0 Å². The van der Waals surface area contributed by atoms with Gasteiger partial charge in [0.25, 0.3) is 0 Å². The van der Waals surface area contributed by atoms with Crippen LogP contribution in [0.25, 0.3) is 0 Å². The first-order valence-electron chi connectivity index (χ1n) is 6.21. The van der Waals surface area contributed by atoms with Crippen LogP contribution < -0.4 is 0 Å². The van der Waals surface area contributed by atoms with Gasteiger partial charge in [0.1, 0.15) is 0 Å². The second kappa shape index (κ2) is 3.46. The topological polar surface area (TPSA) is 18.5 Å². The minimum Gasteiger partial charge on any atom is -0.349 e. The first-order chi connectivity index (χ1) is 6.87. The average molecular weight is 212 g/mol. The molecule has 2 nitrogen and oxygen atoms in total. The number of rotatable bonds is 0. The third-order valence-corrected chi connectivity index (χ3v) is 4.38. The quantitative estimate of drug-likeness (QED) is 0.612. The van der Waals surface area contributed by atoms with Gasteiger partial charge in [0.15, 0.2) is 5.79 Å². The summed E-state index contributed by atoms with van der Waals surface area (Å²) in [5.74, 6) is -0.253. The molecule has 1 saturated heterocycles. The van der Waals surface area contributed by atoms with Crippen molar-refractivity contribution in [2.75, 3.05) is 6.61 Å². The summed E-state index contributed by atoms with van der Waals surface area (Å²) < 4.78 is 12.3. The molecule has 88 valence electrons. The predicted octanol–water partition coefficient (Wildman–Crippen LogP) is 3.50. The normalized spacial score (nSPS) is 32.8. The van der Waals surface area contributed by atoms with Crippen LogP contribution in [0.5, 0.6) is 0 Å². The molecule has 2 heteroatoms. The molecule has 2 aliphatic rings. The van der Waals surface area contributed by atoms with E-state index in [0.29, 0.717) is 0 Å². The van der Waals surface area contributed by atoms with Gasteiger partial charge in [-0.25, -0.2) is 0 Å². The standard InChI is InChI=1S/C13H24O2/c1-11(2)10-14-13(15-12(11,3)4)8-6-5-7-9-13/h5-10H2,1-4H3. The Bertz CT molecular complexity index is 237. The van der Waals surface area contributed by atoms with Gasteiger partial charge in [-0.2, -0.15) is 0 Å². The summed E-state index contributed by atoms with van der Waals surface area (Å²) in [6, 6.07) is 0. The zero-order valence-corrected chi connectivity index (χ0v) is 10.6. The Balaban J connectivity index is 2.14. The van der Waals surface area contributed by atoms with E-state index in [-0.39, 0.29) is 16.8 Å². The van der Waals surface area contributed by atoms with Gasteiger partial charge in [-0.1, -0.05) is 20.3 Å². The van der Waals surface area contributed by atoms with Crippen LogP contribution in [0.15, 0.2) is 0 Å². The highest BCUT2D eigenvalue weighted by molar-refractivity contribution is 4.95. The molecule has 2 fully saturated rings. The first kappa shape index (κ1) is 11.4. The molecule has 0 atom stereocenters. The minimum absolute atomic E-state index is 0.0808. The zero-order valence-electron chi connectivity index (χ0n) is 10.6. The van der Waals surface area contributed by atoms with E-state index in [1.54, 1.807) is 0 Å². The van der Waals surface area contributed by atoms with Crippen molar-refractivity contribution < 1.29 is 9.47 Å². The van der Waals surface area contributed by atoms with Gasteiger partial charge in [0.05, 0.1) is 12.2 Å². The summed E-state index contributed by atoms with van der Waals surface area (Å²) in [6.07, 6.45) is 5.98. The van der Waals surface area contributed by atoms with Gasteiger partial charge in [-0.15, -0.1) is 0 Å². The molecule has 1 saturated carbocycles. The molecule has 1 heterocycles. The summed E-state index contributed by atoms with van der Waals surface area (Å²) in [5, 5.41) is 0. The van der Waals surface area contributed by atoms with Gasteiger partial charge in [0, 0.05) is 18.3 Å². The summed E-state index contributed by atoms with van der Waals surface area (Å²) in [6.45, 7) is 9.67. The van der Waals surface area contributed by atoms with Crippen molar-refractivity contribution in [1.82, 2.24) is 0 Å². The second-order valence-corrected chi connectivity index (χ2v) is 6.26. The lowest BCUT2D eigenvalue weighted by Crippen LogP contribution is -2.58. The molecule has 0 bridgehead atoms. The van der Waals surface area contributed by atoms with Gasteiger partial charge >= 0.3 is 0 Å². The lowest BCUT2D eigenvalue weighted by molar-refractivity contribution is -0.366. The van der Waals surface area contributed by atoms with Crippen LogP contribution in [0.3, 0.4) is 0 Å². The maximum Gasteiger partial charge on any atom is 0.169 e. The third kappa shape index (κ3) is 1.94. The van der Waals surface area contributed by atoms with Crippen molar-refractivity contribution in [3.63, 3.8) is 0 Å². The molecule has 0 aromatic heterocycles. The zero-order chi connectivity index (χ0) is 11.2. The largest absolute Gasteiger partial charge is 0.349 e. The highest BCUT2D eigenvalue weighted by Gasteiger charge is 2.51. The Kier molecular flexibility index (Phi) is 2.63. The lowest BCUT2D eigenvalue weighted by atomic mass is 9.75. The Morgan fingerprint density at radius 2 is 1.47 bits per heavy atom. The van der Waals surface area contributed by atoms with E-state index < -0.39 is 0 Å². The van der Waals surface area contributed by atoms with E-state index in [4.69, 9.17) is 9.47 Å². The van der Waals surface area contributed by atoms with E-state index in [9.17, 15) is 0 Å². The predicted molar refractivity (Wildman–Crippen MR) is 60.7 cm³/mol. The van der Waals surface area contributed by atoms with E-state index in [2.05, 4.69) is 27.7 Å². The van der Waals surface area contributed by atoms with Crippen molar-refractivity contribution in [2.45, 2.75) is 71.2 Å². The van der Waals surface area contributed by atoms with Gasteiger partial charge in [-0.3, -0.25) is 0 Å². The van der Waals surface area contributed by atoms with E-state index in [1.807, 2.05) is 0 Å². The molecule has 0 aromatic rings. The van der Waals surface area contributed by atoms with Crippen LogP contribution in [0.4, 0.5) is 0 Å². The monoisotopic (exact) mass is 212 g/mol. The van der Waals surface area contributed by atoms with Gasteiger partial charge in [-0.05, 0) is 26.7 Å². The summed E-state index contributed by atoms with van der Waals surface area (Å²) in [4.78, 5) is 0. The van der Waals surface area contributed by atoms with Crippen molar-refractivity contribution in [3.8, 4) is 0 Å². The van der Waals surface area contributed by atoms with Crippen LogP contribution in [-0.4, -0.2) is 18.0 Å².